The number of aromatic nitrogens is 1. The van der Waals surface area contributed by atoms with Crippen molar-refractivity contribution in [1.29, 1.82) is 0 Å². The van der Waals surface area contributed by atoms with Gasteiger partial charge >= 0.3 is 0 Å². The highest BCUT2D eigenvalue weighted by molar-refractivity contribution is 7.15. The Labute approximate surface area is 144 Å². The van der Waals surface area contributed by atoms with Crippen LogP contribution >= 0.6 is 22.9 Å². The quantitative estimate of drug-likeness (QED) is 0.884. The van der Waals surface area contributed by atoms with Crippen LogP contribution in [-0.2, 0) is 0 Å². The number of anilines is 1. The van der Waals surface area contributed by atoms with Gasteiger partial charge in [0.15, 0.2) is 5.13 Å². The van der Waals surface area contributed by atoms with Crippen molar-refractivity contribution in [2.24, 2.45) is 0 Å². The molecule has 0 aliphatic carbocycles. The number of rotatable bonds is 4. The predicted molar refractivity (Wildman–Crippen MR) is 92.9 cm³/mol. The number of ether oxygens (including phenoxy) is 1. The summed E-state index contributed by atoms with van der Waals surface area (Å²) in [4.78, 5) is 18.0. The average molecular weight is 352 g/mol. The molecule has 0 bridgehead atoms. The van der Waals surface area contributed by atoms with E-state index in [1.54, 1.807) is 29.5 Å². The van der Waals surface area contributed by atoms with E-state index in [0.29, 0.717) is 27.4 Å². The monoisotopic (exact) mass is 351 g/mol. The molecule has 0 radical (unpaired) electrons. The standard InChI is InChI=1S/C16H18ClN3O2S/c1-22-13-8-11(17)2-3-12(13)15(21)20-16-19-9-14(23-16)10-4-6-18-7-5-10/h2-3,8-10,18H,4-7H2,1H3,(H,19,20,21). The highest BCUT2D eigenvalue weighted by Crippen LogP contribution is 2.32. The van der Waals surface area contributed by atoms with Crippen LogP contribution in [0, 0.1) is 0 Å². The number of halogens is 1. The van der Waals surface area contributed by atoms with Crippen molar-refractivity contribution in [2.45, 2.75) is 18.8 Å². The van der Waals surface area contributed by atoms with E-state index in [9.17, 15) is 4.79 Å². The fraction of sp³-hybridized carbons (Fsp3) is 0.375. The van der Waals surface area contributed by atoms with E-state index < -0.39 is 0 Å². The molecule has 0 saturated carbocycles. The summed E-state index contributed by atoms with van der Waals surface area (Å²) >= 11 is 7.46. The number of nitrogens with one attached hydrogen (secondary N) is 2. The van der Waals surface area contributed by atoms with E-state index in [1.165, 1.54) is 12.0 Å². The number of thiazole rings is 1. The molecule has 1 aliphatic rings. The highest BCUT2D eigenvalue weighted by Gasteiger charge is 2.19. The first-order chi connectivity index (χ1) is 11.2. The number of benzene rings is 1. The summed E-state index contributed by atoms with van der Waals surface area (Å²) in [6.45, 7) is 2.07. The topological polar surface area (TPSA) is 63.2 Å². The van der Waals surface area contributed by atoms with Crippen LogP contribution in [0.2, 0.25) is 5.02 Å². The van der Waals surface area contributed by atoms with Gasteiger partial charge < -0.3 is 10.1 Å². The Morgan fingerprint density at radius 3 is 2.96 bits per heavy atom. The third-order valence-corrected chi connectivity index (χ3v) is 5.20. The van der Waals surface area contributed by atoms with Crippen molar-refractivity contribution in [3.05, 3.63) is 39.9 Å². The molecule has 1 aliphatic heterocycles. The lowest BCUT2D eigenvalue weighted by molar-refractivity contribution is 0.102. The second-order valence-corrected chi connectivity index (χ2v) is 6.89. The lowest BCUT2D eigenvalue weighted by atomic mass is 9.97. The molecule has 122 valence electrons. The molecule has 0 unspecified atom stereocenters. The zero-order chi connectivity index (χ0) is 16.2. The van der Waals surface area contributed by atoms with Crippen LogP contribution in [0.3, 0.4) is 0 Å². The predicted octanol–water partition coefficient (Wildman–Crippen LogP) is 3.52. The Bertz CT molecular complexity index is 698. The summed E-state index contributed by atoms with van der Waals surface area (Å²) in [6.07, 6.45) is 4.09. The van der Waals surface area contributed by atoms with Gasteiger partial charge in [-0.2, -0.15) is 0 Å². The number of carbonyl (C=O) groups excluding carboxylic acids is 1. The van der Waals surface area contributed by atoms with Gasteiger partial charge in [-0.3, -0.25) is 10.1 Å². The van der Waals surface area contributed by atoms with Crippen LogP contribution in [-0.4, -0.2) is 31.1 Å². The molecule has 5 nitrogen and oxygen atoms in total. The van der Waals surface area contributed by atoms with Crippen LogP contribution in [0.25, 0.3) is 0 Å². The largest absolute Gasteiger partial charge is 0.496 e. The molecule has 1 saturated heterocycles. The highest BCUT2D eigenvalue weighted by atomic mass is 35.5. The third kappa shape index (κ3) is 3.83. The van der Waals surface area contributed by atoms with E-state index in [0.717, 1.165) is 25.9 Å². The van der Waals surface area contributed by atoms with Gasteiger partial charge in [0.25, 0.3) is 5.91 Å². The molecule has 2 heterocycles. The first kappa shape index (κ1) is 16.2. The second-order valence-electron chi connectivity index (χ2n) is 5.39. The molecule has 2 N–H and O–H groups in total. The fourth-order valence-electron chi connectivity index (χ4n) is 2.66. The molecular weight excluding hydrogens is 334 g/mol. The molecule has 1 aromatic heterocycles. The molecule has 2 aromatic rings. The van der Waals surface area contributed by atoms with Gasteiger partial charge in [-0.25, -0.2) is 4.98 Å². The van der Waals surface area contributed by atoms with E-state index in [2.05, 4.69) is 15.6 Å². The minimum atomic E-state index is -0.246. The number of nitrogens with zero attached hydrogens (tertiary/aromatic N) is 1. The first-order valence-electron chi connectivity index (χ1n) is 7.48. The summed E-state index contributed by atoms with van der Waals surface area (Å²) in [5.41, 5.74) is 0.440. The van der Waals surface area contributed by atoms with Gasteiger partial charge in [-0.1, -0.05) is 11.6 Å². The Balaban J connectivity index is 1.72. The number of carbonyl (C=O) groups is 1. The minimum absolute atomic E-state index is 0.246. The van der Waals surface area contributed by atoms with E-state index >= 15 is 0 Å². The Morgan fingerprint density at radius 2 is 2.22 bits per heavy atom. The summed E-state index contributed by atoms with van der Waals surface area (Å²) < 4.78 is 5.22. The lowest BCUT2D eigenvalue weighted by Gasteiger charge is -2.20. The third-order valence-electron chi connectivity index (χ3n) is 3.89. The zero-order valence-corrected chi connectivity index (χ0v) is 14.3. The molecule has 1 fully saturated rings. The molecule has 23 heavy (non-hydrogen) atoms. The number of piperidine rings is 1. The second kappa shape index (κ2) is 7.29. The summed E-state index contributed by atoms with van der Waals surface area (Å²) in [5.74, 6) is 0.735. The molecule has 0 spiro atoms. The van der Waals surface area contributed by atoms with E-state index in [1.807, 2.05) is 6.20 Å². The Kier molecular flexibility index (Phi) is 5.15. The van der Waals surface area contributed by atoms with Crippen molar-refractivity contribution in [3.8, 4) is 5.75 Å². The molecule has 1 amide bonds. The Morgan fingerprint density at radius 1 is 1.43 bits per heavy atom. The Hall–Kier alpha value is -1.63. The molecule has 3 rings (SSSR count). The minimum Gasteiger partial charge on any atom is -0.496 e. The number of amides is 1. The van der Waals surface area contributed by atoms with Crippen LogP contribution < -0.4 is 15.4 Å². The summed E-state index contributed by atoms with van der Waals surface area (Å²) in [7, 11) is 1.51. The van der Waals surface area contributed by atoms with Crippen molar-refractivity contribution in [3.63, 3.8) is 0 Å². The number of methoxy groups -OCH3 is 1. The smallest absolute Gasteiger partial charge is 0.261 e. The maximum Gasteiger partial charge on any atom is 0.261 e. The number of hydrogen-bond donors (Lipinski definition) is 2. The SMILES string of the molecule is COc1cc(Cl)ccc1C(=O)Nc1ncc(C2CCNCC2)s1. The molecule has 1 aromatic carbocycles. The van der Waals surface area contributed by atoms with Gasteiger partial charge in [0.05, 0.1) is 12.7 Å². The van der Waals surface area contributed by atoms with Crippen LogP contribution in [0.4, 0.5) is 5.13 Å². The fourth-order valence-corrected chi connectivity index (χ4v) is 3.80. The van der Waals surface area contributed by atoms with Gasteiger partial charge in [0.2, 0.25) is 0 Å². The van der Waals surface area contributed by atoms with E-state index in [-0.39, 0.29) is 5.91 Å². The van der Waals surface area contributed by atoms with Crippen molar-refractivity contribution in [1.82, 2.24) is 10.3 Å². The lowest BCUT2D eigenvalue weighted by Crippen LogP contribution is -2.26. The van der Waals surface area contributed by atoms with Crippen molar-refractivity contribution < 1.29 is 9.53 Å². The summed E-state index contributed by atoms with van der Waals surface area (Å²) in [5, 5.41) is 7.33. The maximum atomic E-state index is 12.4. The maximum absolute atomic E-state index is 12.4. The van der Waals surface area contributed by atoms with Crippen molar-refractivity contribution in [2.75, 3.05) is 25.5 Å². The van der Waals surface area contributed by atoms with Crippen molar-refractivity contribution >= 4 is 34.0 Å². The van der Waals surface area contributed by atoms with Gasteiger partial charge in [-0.05, 0) is 50.0 Å². The summed E-state index contributed by atoms with van der Waals surface area (Å²) in [6, 6.07) is 4.94. The van der Waals surface area contributed by atoms with Gasteiger partial charge in [0, 0.05) is 16.1 Å². The molecular formula is C16H18ClN3O2S. The van der Waals surface area contributed by atoms with Crippen LogP contribution in [0.15, 0.2) is 24.4 Å². The van der Waals surface area contributed by atoms with Gasteiger partial charge in [0.1, 0.15) is 5.75 Å². The molecule has 0 atom stereocenters. The average Bonchev–Trinajstić information content (AvgIpc) is 3.04. The molecule has 7 heteroatoms. The zero-order valence-electron chi connectivity index (χ0n) is 12.8. The van der Waals surface area contributed by atoms with E-state index in [4.69, 9.17) is 16.3 Å². The van der Waals surface area contributed by atoms with Gasteiger partial charge in [-0.15, -0.1) is 11.3 Å². The van der Waals surface area contributed by atoms with Crippen LogP contribution in [0.5, 0.6) is 5.75 Å². The normalized spacial score (nSPS) is 15.4. The first-order valence-corrected chi connectivity index (χ1v) is 8.68. The van der Waals surface area contributed by atoms with Crippen LogP contribution in [0.1, 0.15) is 34.0 Å². The number of hydrogen-bond acceptors (Lipinski definition) is 5.